The Kier molecular flexibility index (Phi) is 1.90. The van der Waals surface area contributed by atoms with E-state index in [1.54, 1.807) is 13.8 Å². The summed E-state index contributed by atoms with van der Waals surface area (Å²) < 4.78 is 36.1. The van der Waals surface area contributed by atoms with E-state index in [1.807, 2.05) is 0 Å². The lowest BCUT2D eigenvalue weighted by molar-refractivity contribution is -0.153. The highest BCUT2D eigenvalue weighted by molar-refractivity contribution is 4.93. The monoisotopic (exact) mass is 167 g/mol. The number of rotatable bonds is 0. The molecule has 0 bridgehead atoms. The molecule has 1 saturated heterocycles. The molecule has 0 aromatic heterocycles. The van der Waals surface area contributed by atoms with Crippen LogP contribution < -0.4 is 5.32 Å². The van der Waals surface area contributed by atoms with Gasteiger partial charge in [0.2, 0.25) is 0 Å². The maximum Gasteiger partial charge on any atom is 0.403 e. The Balaban J connectivity index is 2.55. The highest BCUT2D eigenvalue weighted by atomic mass is 19.4. The molecular formula is C7H12F3N. The summed E-state index contributed by atoms with van der Waals surface area (Å²) in [6.45, 7) is 3.58. The Labute approximate surface area is 64.0 Å². The Bertz CT molecular complexity index is 150. The van der Waals surface area contributed by atoms with Crippen molar-refractivity contribution in [3.63, 3.8) is 0 Å². The van der Waals surface area contributed by atoms with E-state index in [2.05, 4.69) is 5.32 Å². The highest BCUT2D eigenvalue weighted by Gasteiger charge is 2.46. The van der Waals surface area contributed by atoms with E-state index in [4.69, 9.17) is 0 Å². The van der Waals surface area contributed by atoms with Gasteiger partial charge in [-0.25, -0.2) is 0 Å². The van der Waals surface area contributed by atoms with Gasteiger partial charge in [-0.3, -0.25) is 0 Å². The molecule has 1 aliphatic heterocycles. The zero-order valence-corrected chi connectivity index (χ0v) is 6.63. The normalized spacial score (nSPS) is 30.8. The van der Waals surface area contributed by atoms with Crippen LogP contribution in [0.5, 0.6) is 0 Å². The second-order valence-electron chi connectivity index (χ2n) is 3.66. The fourth-order valence-electron chi connectivity index (χ4n) is 1.37. The third kappa shape index (κ3) is 2.09. The van der Waals surface area contributed by atoms with Crippen molar-refractivity contribution in [2.24, 2.45) is 0 Å². The molecule has 0 radical (unpaired) electrons. The molecule has 0 saturated carbocycles. The van der Waals surface area contributed by atoms with E-state index < -0.39 is 12.2 Å². The first kappa shape index (κ1) is 8.84. The standard InChI is InChI=1S/C7H12F3N/c1-6(2)4-3-5(11-6)7(8,9)10/h5,11H,3-4H2,1-2H3/t5-/m1/s1. The first-order valence-corrected chi connectivity index (χ1v) is 3.66. The lowest BCUT2D eigenvalue weighted by Gasteiger charge is -2.21. The Hall–Kier alpha value is -0.250. The maximum atomic E-state index is 12.0. The van der Waals surface area contributed by atoms with Gasteiger partial charge in [0, 0.05) is 5.54 Å². The predicted octanol–water partition coefficient (Wildman–Crippen LogP) is 2.08. The van der Waals surface area contributed by atoms with E-state index in [9.17, 15) is 13.2 Å². The first-order valence-electron chi connectivity index (χ1n) is 3.66. The van der Waals surface area contributed by atoms with Gasteiger partial charge in [-0.05, 0) is 26.7 Å². The van der Waals surface area contributed by atoms with Crippen LogP contribution in [0, 0.1) is 0 Å². The van der Waals surface area contributed by atoms with Gasteiger partial charge in [0.05, 0.1) is 0 Å². The molecule has 1 atom stereocenters. The Morgan fingerprint density at radius 1 is 1.36 bits per heavy atom. The summed E-state index contributed by atoms with van der Waals surface area (Å²) in [6.07, 6.45) is -3.28. The van der Waals surface area contributed by atoms with Crippen molar-refractivity contribution in [3.8, 4) is 0 Å². The van der Waals surface area contributed by atoms with Crippen LogP contribution in [0.4, 0.5) is 13.2 Å². The molecule has 0 spiro atoms. The van der Waals surface area contributed by atoms with Crippen molar-refractivity contribution in [1.29, 1.82) is 0 Å². The average molecular weight is 167 g/mol. The van der Waals surface area contributed by atoms with Crippen LogP contribution >= 0.6 is 0 Å². The Morgan fingerprint density at radius 2 is 1.91 bits per heavy atom. The van der Waals surface area contributed by atoms with Gasteiger partial charge in [-0.15, -0.1) is 0 Å². The van der Waals surface area contributed by atoms with Crippen LogP contribution in [0.3, 0.4) is 0 Å². The van der Waals surface area contributed by atoms with Crippen LogP contribution in [-0.2, 0) is 0 Å². The van der Waals surface area contributed by atoms with Gasteiger partial charge in [0.25, 0.3) is 0 Å². The van der Waals surface area contributed by atoms with Gasteiger partial charge in [-0.2, -0.15) is 13.2 Å². The second-order valence-corrected chi connectivity index (χ2v) is 3.66. The van der Waals surface area contributed by atoms with Crippen molar-refractivity contribution in [1.82, 2.24) is 5.32 Å². The van der Waals surface area contributed by atoms with Crippen LogP contribution in [0.1, 0.15) is 26.7 Å². The number of halogens is 3. The summed E-state index contributed by atoms with van der Waals surface area (Å²) >= 11 is 0. The third-order valence-electron chi connectivity index (χ3n) is 2.02. The van der Waals surface area contributed by atoms with Crippen molar-refractivity contribution in [2.75, 3.05) is 0 Å². The molecule has 0 aliphatic carbocycles. The number of hydrogen-bond donors (Lipinski definition) is 1. The van der Waals surface area contributed by atoms with E-state index in [0.717, 1.165) is 0 Å². The molecule has 0 aromatic carbocycles. The molecule has 0 amide bonds. The van der Waals surface area contributed by atoms with Crippen LogP contribution in [0.2, 0.25) is 0 Å². The number of hydrogen-bond acceptors (Lipinski definition) is 1. The average Bonchev–Trinajstić information content (AvgIpc) is 2.07. The topological polar surface area (TPSA) is 12.0 Å². The molecule has 0 aromatic rings. The third-order valence-corrected chi connectivity index (χ3v) is 2.02. The molecule has 1 fully saturated rings. The van der Waals surface area contributed by atoms with Crippen molar-refractivity contribution < 1.29 is 13.2 Å². The number of alkyl halides is 3. The molecule has 1 aliphatic rings. The largest absolute Gasteiger partial charge is 0.403 e. The lowest BCUT2D eigenvalue weighted by atomic mass is 10.0. The molecule has 1 rings (SSSR count). The molecule has 1 nitrogen and oxygen atoms in total. The van der Waals surface area contributed by atoms with Crippen LogP contribution in [0.25, 0.3) is 0 Å². The van der Waals surface area contributed by atoms with Crippen LogP contribution in [-0.4, -0.2) is 17.8 Å². The molecule has 0 unspecified atom stereocenters. The van der Waals surface area contributed by atoms with Gasteiger partial charge < -0.3 is 5.32 Å². The molecule has 66 valence electrons. The predicted molar refractivity (Wildman–Crippen MR) is 36.3 cm³/mol. The fourth-order valence-corrected chi connectivity index (χ4v) is 1.37. The SMILES string of the molecule is CC1(C)CC[C@H](C(F)(F)F)N1. The van der Waals surface area contributed by atoms with Gasteiger partial charge >= 0.3 is 6.18 Å². The van der Waals surface area contributed by atoms with Crippen molar-refractivity contribution >= 4 is 0 Å². The highest BCUT2D eigenvalue weighted by Crippen LogP contribution is 2.32. The summed E-state index contributed by atoms with van der Waals surface area (Å²) in [5.74, 6) is 0. The summed E-state index contributed by atoms with van der Waals surface area (Å²) in [5, 5.41) is 2.55. The minimum Gasteiger partial charge on any atom is -0.301 e. The zero-order chi connectivity index (χ0) is 8.70. The summed E-state index contributed by atoms with van der Waals surface area (Å²) in [4.78, 5) is 0. The van der Waals surface area contributed by atoms with Crippen molar-refractivity contribution in [3.05, 3.63) is 0 Å². The maximum absolute atomic E-state index is 12.0. The minimum atomic E-state index is -4.08. The molecule has 11 heavy (non-hydrogen) atoms. The summed E-state index contributed by atoms with van der Waals surface area (Å²) in [5.41, 5.74) is -0.347. The fraction of sp³-hybridized carbons (Fsp3) is 1.00. The molecule has 1 N–H and O–H groups in total. The summed E-state index contributed by atoms with van der Waals surface area (Å²) in [6, 6.07) is -1.29. The number of nitrogens with one attached hydrogen (secondary N) is 1. The van der Waals surface area contributed by atoms with E-state index >= 15 is 0 Å². The van der Waals surface area contributed by atoms with E-state index in [1.165, 1.54) is 0 Å². The van der Waals surface area contributed by atoms with Crippen LogP contribution in [0.15, 0.2) is 0 Å². The second kappa shape index (κ2) is 2.37. The minimum absolute atomic E-state index is 0.205. The molecular weight excluding hydrogens is 155 g/mol. The van der Waals surface area contributed by atoms with Crippen molar-refractivity contribution in [2.45, 2.75) is 44.4 Å². The van der Waals surface area contributed by atoms with E-state index in [-0.39, 0.29) is 12.0 Å². The van der Waals surface area contributed by atoms with Gasteiger partial charge in [0.1, 0.15) is 6.04 Å². The summed E-state index contributed by atoms with van der Waals surface area (Å²) in [7, 11) is 0. The van der Waals surface area contributed by atoms with Gasteiger partial charge in [-0.1, -0.05) is 0 Å². The van der Waals surface area contributed by atoms with Gasteiger partial charge in [0.15, 0.2) is 0 Å². The zero-order valence-electron chi connectivity index (χ0n) is 6.63. The smallest absolute Gasteiger partial charge is 0.301 e. The quantitative estimate of drug-likeness (QED) is 0.582. The lowest BCUT2D eigenvalue weighted by Crippen LogP contribution is -2.44. The molecule has 1 heterocycles. The molecule has 4 heteroatoms. The van der Waals surface area contributed by atoms with E-state index in [0.29, 0.717) is 6.42 Å². The first-order chi connectivity index (χ1) is 4.81. The Morgan fingerprint density at radius 3 is 2.09 bits per heavy atom.